The third-order valence-electron chi connectivity index (χ3n) is 4.30. The lowest BCUT2D eigenvalue weighted by atomic mass is 9.98. The van der Waals surface area contributed by atoms with Gasteiger partial charge in [0.1, 0.15) is 0 Å². The Kier molecular flexibility index (Phi) is 6.19. The van der Waals surface area contributed by atoms with Gasteiger partial charge in [0, 0.05) is 11.9 Å². The lowest BCUT2D eigenvalue weighted by molar-refractivity contribution is -0.139. The number of halogens is 6. The number of anilines is 1. The number of nitrogens with zero attached hydrogens (tertiary/aromatic N) is 1. The van der Waals surface area contributed by atoms with Gasteiger partial charge in [0.25, 0.3) is 0 Å². The number of amides is 2. The Balaban J connectivity index is 2.00. The van der Waals surface area contributed by atoms with Gasteiger partial charge in [-0.25, -0.2) is 4.79 Å². The molecular weight excluding hydrogens is 424 g/mol. The van der Waals surface area contributed by atoms with Crippen molar-refractivity contribution in [3.05, 3.63) is 95.3 Å². The summed E-state index contributed by atoms with van der Waals surface area (Å²) in [6, 6.07) is 11.2. The molecule has 1 heterocycles. The van der Waals surface area contributed by atoms with Crippen molar-refractivity contribution in [3.8, 4) is 0 Å². The number of carbonyl (C=O) groups is 1. The van der Waals surface area contributed by atoms with Crippen LogP contribution in [0.5, 0.6) is 0 Å². The van der Waals surface area contributed by atoms with Gasteiger partial charge in [-0.3, -0.25) is 4.98 Å². The quantitative estimate of drug-likeness (QED) is 0.488. The van der Waals surface area contributed by atoms with Crippen LogP contribution in [0.4, 0.5) is 36.8 Å². The SMILES string of the molecule is O=C(Nc1ccccc1)N[C@@H](c1ccc(C(F)(F)F)cc1)c1ncccc1C(F)(F)F. The highest BCUT2D eigenvalue weighted by Crippen LogP contribution is 2.36. The third-order valence-corrected chi connectivity index (χ3v) is 4.30. The van der Waals surface area contributed by atoms with E-state index in [2.05, 4.69) is 15.6 Å². The predicted molar refractivity (Wildman–Crippen MR) is 101 cm³/mol. The summed E-state index contributed by atoms with van der Waals surface area (Å²) >= 11 is 0. The predicted octanol–water partition coefficient (Wildman–Crippen LogP) is 6.03. The lowest BCUT2D eigenvalue weighted by Gasteiger charge is -2.23. The van der Waals surface area contributed by atoms with Gasteiger partial charge in [0.05, 0.1) is 22.9 Å². The molecule has 0 aliphatic heterocycles. The third kappa shape index (κ3) is 5.53. The van der Waals surface area contributed by atoms with Crippen LogP contribution in [0.25, 0.3) is 0 Å². The van der Waals surface area contributed by atoms with Crippen molar-refractivity contribution < 1.29 is 31.1 Å². The minimum Gasteiger partial charge on any atom is -0.325 e. The van der Waals surface area contributed by atoms with Crippen molar-refractivity contribution in [1.29, 1.82) is 0 Å². The fourth-order valence-corrected chi connectivity index (χ4v) is 2.88. The zero-order chi connectivity index (χ0) is 22.6. The van der Waals surface area contributed by atoms with Gasteiger partial charge in [0.15, 0.2) is 0 Å². The number of rotatable bonds is 4. The first-order valence-electron chi connectivity index (χ1n) is 8.87. The largest absolute Gasteiger partial charge is 0.418 e. The van der Waals surface area contributed by atoms with Crippen molar-refractivity contribution in [1.82, 2.24) is 10.3 Å². The maximum Gasteiger partial charge on any atom is 0.418 e. The summed E-state index contributed by atoms with van der Waals surface area (Å²) in [6.45, 7) is 0. The van der Waals surface area contributed by atoms with Crippen LogP contribution in [0.3, 0.4) is 0 Å². The zero-order valence-corrected chi connectivity index (χ0v) is 15.6. The summed E-state index contributed by atoms with van der Waals surface area (Å²) in [5, 5.41) is 4.84. The van der Waals surface area contributed by atoms with E-state index in [1.165, 1.54) is 0 Å². The molecule has 0 bridgehead atoms. The van der Waals surface area contributed by atoms with Crippen LogP contribution in [0.15, 0.2) is 72.9 Å². The minimum absolute atomic E-state index is 0.000381. The van der Waals surface area contributed by atoms with E-state index < -0.39 is 41.2 Å². The molecule has 0 saturated heterocycles. The molecule has 3 rings (SSSR count). The van der Waals surface area contributed by atoms with E-state index >= 15 is 0 Å². The van der Waals surface area contributed by atoms with Crippen LogP contribution in [-0.4, -0.2) is 11.0 Å². The number of nitrogens with one attached hydrogen (secondary N) is 2. The van der Waals surface area contributed by atoms with Gasteiger partial charge < -0.3 is 10.6 Å². The van der Waals surface area contributed by atoms with E-state index in [-0.39, 0.29) is 5.56 Å². The van der Waals surface area contributed by atoms with Crippen LogP contribution < -0.4 is 10.6 Å². The Hall–Kier alpha value is -3.56. The number of benzene rings is 2. The molecule has 3 aromatic rings. The molecule has 1 aromatic heterocycles. The number of para-hydroxylation sites is 1. The first-order valence-corrected chi connectivity index (χ1v) is 8.87. The standard InChI is InChI=1S/C21H15F6N3O/c22-20(23,24)14-10-8-13(9-11-14)17(18-16(21(25,26)27)7-4-12-28-18)30-19(31)29-15-5-2-1-3-6-15/h1-12,17H,(H2,29,30,31)/t17-/m0/s1. The van der Waals surface area contributed by atoms with Gasteiger partial charge >= 0.3 is 18.4 Å². The maximum atomic E-state index is 13.5. The Morgan fingerprint density at radius 1 is 0.806 bits per heavy atom. The highest BCUT2D eigenvalue weighted by Gasteiger charge is 2.37. The molecule has 2 aromatic carbocycles. The number of aromatic nitrogens is 1. The minimum atomic E-state index is -4.79. The van der Waals surface area contributed by atoms with Crippen molar-refractivity contribution in [2.24, 2.45) is 0 Å². The molecule has 1 atom stereocenters. The van der Waals surface area contributed by atoms with E-state index in [0.717, 1.165) is 42.6 Å². The zero-order valence-electron chi connectivity index (χ0n) is 15.6. The van der Waals surface area contributed by atoms with Crippen LogP contribution in [0.2, 0.25) is 0 Å². The number of pyridine rings is 1. The second kappa shape index (κ2) is 8.66. The summed E-state index contributed by atoms with van der Waals surface area (Å²) in [7, 11) is 0. The smallest absolute Gasteiger partial charge is 0.325 e. The highest BCUT2D eigenvalue weighted by atomic mass is 19.4. The van der Waals surface area contributed by atoms with Crippen LogP contribution in [-0.2, 0) is 12.4 Å². The number of urea groups is 1. The van der Waals surface area contributed by atoms with Crippen LogP contribution in [0.1, 0.15) is 28.4 Å². The van der Waals surface area contributed by atoms with Crippen molar-refractivity contribution in [2.75, 3.05) is 5.32 Å². The van der Waals surface area contributed by atoms with E-state index in [9.17, 15) is 31.1 Å². The van der Waals surface area contributed by atoms with Crippen LogP contribution in [0, 0.1) is 0 Å². The van der Waals surface area contributed by atoms with E-state index in [0.29, 0.717) is 5.69 Å². The second-order valence-electron chi connectivity index (χ2n) is 6.45. The highest BCUT2D eigenvalue weighted by molar-refractivity contribution is 5.89. The first kappa shape index (κ1) is 22.1. The Morgan fingerprint density at radius 2 is 1.45 bits per heavy atom. The molecule has 0 fully saturated rings. The molecule has 0 saturated carbocycles. The van der Waals surface area contributed by atoms with Crippen molar-refractivity contribution in [3.63, 3.8) is 0 Å². The topological polar surface area (TPSA) is 54.0 Å². The second-order valence-corrected chi connectivity index (χ2v) is 6.45. The monoisotopic (exact) mass is 439 g/mol. The van der Waals surface area contributed by atoms with Gasteiger partial charge in [-0.1, -0.05) is 30.3 Å². The summed E-state index contributed by atoms with van der Waals surface area (Å²) < 4.78 is 79.2. The van der Waals surface area contributed by atoms with Gasteiger partial charge in [-0.05, 0) is 42.0 Å². The molecule has 10 heteroatoms. The van der Waals surface area contributed by atoms with Gasteiger partial charge in [0.2, 0.25) is 0 Å². The summed E-state index contributed by atoms with van der Waals surface area (Å²) in [4.78, 5) is 16.2. The molecule has 0 aliphatic carbocycles. The first-order chi connectivity index (χ1) is 14.6. The summed E-state index contributed by atoms with van der Waals surface area (Å²) in [6.07, 6.45) is -8.29. The Morgan fingerprint density at radius 3 is 2.03 bits per heavy atom. The Bertz CT molecular complexity index is 1030. The van der Waals surface area contributed by atoms with Crippen LogP contribution >= 0.6 is 0 Å². The summed E-state index contributed by atoms with van der Waals surface area (Å²) in [5.41, 5.74) is -2.25. The van der Waals surface area contributed by atoms with Crippen molar-refractivity contribution >= 4 is 11.7 Å². The normalized spacial score (nSPS) is 12.8. The average Bonchev–Trinajstić information content (AvgIpc) is 2.72. The fourth-order valence-electron chi connectivity index (χ4n) is 2.88. The van der Waals surface area contributed by atoms with E-state index in [1.54, 1.807) is 30.3 Å². The molecule has 2 amide bonds. The molecule has 162 valence electrons. The molecule has 2 N–H and O–H groups in total. The number of hydrogen-bond acceptors (Lipinski definition) is 2. The summed E-state index contributed by atoms with van der Waals surface area (Å²) in [5.74, 6) is 0. The molecule has 0 spiro atoms. The molecule has 0 radical (unpaired) electrons. The molecule has 0 aliphatic rings. The fraction of sp³-hybridized carbons (Fsp3) is 0.143. The molecule has 4 nitrogen and oxygen atoms in total. The molecule has 0 unspecified atom stereocenters. The van der Waals surface area contributed by atoms with E-state index in [1.807, 2.05) is 0 Å². The maximum absolute atomic E-state index is 13.5. The van der Waals surface area contributed by atoms with Crippen molar-refractivity contribution in [2.45, 2.75) is 18.4 Å². The van der Waals surface area contributed by atoms with E-state index in [4.69, 9.17) is 0 Å². The molecule has 31 heavy (non-hydrogen) atoms. The van der Waals surface area contributed by atoms with Gasteiger partial charge in [-0.2, -0.15) is 26.3 Å². The average molecular weight is 439 g/mol. The molecular formula is C21H15F6N3O. The lowest BCUT2D eigenvalue weighted by Crippen LogP contribution is -2.35. The number of alkyl halides is 6. The number of carbonyl (C=O) groups excluding carboxylic acids is 1. The van der Waals surface area contributed by atoms with Gasteiger partial charge in [-0.15, -0.1) is 0 Å². The Labute approximate surface area is 172 Å². The number of hydrogen-bond donors (Lipinski definition) is 2.